The number of nitrogens with zero attached hydrogens (tertiary/aromatic N) is 1. The number of carboxylic acid groups (broad SMARTS) is 1. The van der Waals surface area contributed by atoms with Gasteiger partial charge in [0.15, 0.2) is 0 Å². The van der Waals surface area contributed by atoms with Crippen molar-refractivity contribution in [1.29, 1.82) is 0 Å². The van der Waals surface area contributed by atoms with Crippen molar-refractivity contribution in [2.45, 2.75) is 71.4 Å². The number of alkyl halides is 1. The normalized spacial score (nSPS) is 12.8. The molecule has 0 aliphatic heterocycles. The van der Waals surface area contributed by atoms with Crippen LogP contribution in [0.3, 0.4) is 0 Å². The van der Waals surface area contributed by atoms with Crippen molar-refractivity contribution in [1.82, 2.24) is 4.90 Å². The number of carbonyl (C=O) groups is 2. The predicted octanol–water partition coefficient (Wildman–Crippen LogP) is 4.04. The minimum absolute atomic E-state index is 0.416. The number of rotatable bonds is 9. The van der Waals surface area contributed by atoms with Crippen molar-refractivity contribution < 1.29 is 19.4 Å². The number of hydrogen-bond acceptors (Lipinski definition) is 3. The summed E-state index contributed by atoms with van der Waals surface area (Å²) >= 11 is 3.36. The fourth-order valence-corrected chi connectivity index (χ4v) is 2.33. The summed E-state index contributed by atoms with van der Waals surface area (Å²) in [6, 6.07) is -0.811. The summed E-state index contributed by atoms with van der Waals surface area (Å²) in [7, 11) is 0. The van der Waals surface area contributed by atoms with Crippen LogP contribution >= 0.6 is 15.9 Å². The van der Waals surface area contributed by atoms with Crippen LogP contribution in [0.5, 0.6) is 0 Å². The average molecular weight is 366 g/mol. The van der Waals surface area contributed by atoms with Gasteiger partial charge in [0.25, 0.3) is 0 Å². The monoisotopic (exact) mass is 365 g/mol. The second-order valence-electron chi connectivity index (χ2n) is 6.07. The van der Waals surface area contributed by atoms with Crippen LogP contribution in [-0.4, -0.2) is 45.6 Å². The van der Waals surface area contributed by atoms with Gasteiger partial charge in [0, 0.05) is 11.9 Å². The molecule has 0 rings (SSSR count). The van der Waals surface area contributed by atoms with E-state index >= 15 is 0 Å². The van der Waals surface area contributed by atoms with Gasteiger partial charge in [-0.3, -0.25) is 4.90 Å². The van der Waals surface area contributed by atoms with Gasteiger partial charge in [-0.25, -0.2) is 9.59 Å². The highest BCUT2D eigenvalue weighted by Gasteiger charge is 2.31. The molecular formula is C15H28BrNO4. The third-order valence-electron chi connectivity index (χ3n) is 2.88. The van der Waals surface area contributed by atoms with Crippen molar-refractivity contribution in [3.63, 3.8) is 0 Å². The first-order valence-corrected chi connectivity index (χ1v) is 8.63. The van der Waals surface area contributed by atoms with E-state index in [1.807, 2.05) is 6.92 Å². The number of ether oxygens (including phenoxy) is 1. The molecule has 0 heterocycles. The summed E-state index contributed by atoms with van der Waals surface area (Å²) in [5.74, 6) is -0.969. The topological polar surface area (TPSA) is 66.8 Å². The highest BCUT2D eigenvalue weighted by atomic mass is 79.9. The smallest absolute Gasteiger partial charge is 0.411 e. The summed E-state index contributed by atoms with van der Waals surface area (Å²) in [5.41, 5.74) is -0.625. The molecule has 5 nitrogen and oxygen atoms in total. The van der Waals surface area contributed by atoms with Gasteiger partial charge in [-0.15, -0.1) is 0 Å². The molecule has 0 bridgehead atoms. The fraction of sp³-hybridized carbons (Fsp3) is 0.867. The van der Waals surface area contributed by atoms with Gasteiger partial charge in [-0.2, -0.15) is 0 Å². The lowest BCUT2D eigenvalue weighted by Crippen LogP contribution is -2.47. The number of halogens is 1. The number of carboxylic acids is 1. The number of hydrogen-bond donors (Lipinski definition) is 1. The molecule has 0 spiro atoms. The molecule has 1 N–H and O–H groups in total. The summed E-state index contributed by atoms with van der Waals surface area (Å²) in [5, 5.41) is 10.3. The Balaban J connectivity index is 4.87. The van der Waals surface area contributed by atoms with E-state index < -0.39 is 23.7 Å². The Kier molecular flexibility index (Phi) is 9.66. The Labute approximate surface area is 136 Å². The predicted molar refractivity (Wildman–Crippen MR) is 86.9 cm³/mol. The maximum Gasteiger partial charge on any atom is 0.411 e. The zero-order chi connectivity index (χ0) is 16.5. The molecule has 21 heavy (non-hydrogen) atoms. The van der Waals surface area contributed by atoms with E-state index in [4.69, 9.17) is 4.74 Å². The van der Waals surface area contributed by atoms with Crippen LogP contribution in [0.15, 0.2) is 0 Å². The average Bonchev–Trinajstić information content (AvgIpc) is 2.34. The van der Waals surface area contributed by atoms with Crippen LogP contribution in [0, 0.1) is 0 Å². The maximum atomic E-state index is 12.3. The summed E-state index contributed by atoms with van der Waals surface area (Å²) in [6.45, 7) is 7.67. The zero-order valence-electron chi connectivity index (χ0n) is 13.5. The van der Waals surface area contributed by atoms with Crippen molar-refractivity contribution in [2.24, 2.45) is 0 Å². The van der Waals surface area contributed by atoms with Crippen LogP contribution in [-0.2, 0) is 9.53 Å². The van der Waals surface area contributed by atoms with E-state index in [2.05, 4.69) is 15.9 Å². The molecule has 124 valence electrons. The molecule has 0 aliphatic carbocycles. The standard InChI is InChI=1S/C15H28BrNO4/c1-5-9-12(13(18)19)17(11-8-6-7-10-16)14(20)21-15(2,3)4/h12H,5-11H2,1-4H3,(H,18,19)/t12-/m0/s1. The van der Waals surface area contributed by atoms with Crippen LogP contribution < -0.4 is 0 Å². The molecule has 0 aromatic heterocycles. The van der Waals surface area contributed by atoms with Gasteiger partial charge in [0.05, 0.1) is 0 Å². The van der Waals surface area contributed by atoms with Crippen LogP contribution in [0.25, 0.3) is 0 Å². The third kappa shape index (κ3) is 8.96. The van der Waals surface area contributed by atoms with Crippen LogP contribution in [0.1, 0.15) is 59.8 Å². The zero-order valence-corrected chi connectivity index (χ0v) is 15.1. The van der Waals surface area contributed by atoms with E-state index in [1.54, 1.807) is 20.8 Å². The molecular weight excluding hydrogens is 338 g/mol. The summed E-state index contributed by atoms with van der Waals surface area (Å²) in [6.07, 6.45) is 3.34. The molecule has 0 aromatic rings. The molecule has 1 atom stereocenters. The Morgan fingerprint density at radius 1 is 1.24 bits per heavy atom. The minimum atomic E-state index is -0.969. The van der Waals surface area contributed by atoms with Gasteiger partial charge < -0.3 is 9.84 Å². The second-order valence-corrected chi connectivity index (χ2v) is 6.86. The van der Waals surface area contributed by atoms with Crippen molar-refractivity contribution in [3.8, 4) is 0 Å². The molecule has 0 unspecified atom stereocenters. The van der Waals surface area contributed by atoms with Crippen molar-refractivity contribution in [2.75, 3.05) is 11.9 Å². The number of carbonyl (C=O) groups excluding carboxylic acids is 1. The third-order valence-corrected chi connectivity index (χ3v) is 3.44. The van der Waals surface area contributed by atoms with Gasteiger partial charge in [0.1, 0.15) is 11.6 Å². The van der Waals surface area contributed by atoms with Crippen LogP contribution in [0.2, 0.25) is 0 Å². The fourth-order valence-electron chi connectivity index (χ4n) is 1.93. The molecule has 0 aromatic carbocycles. The molecule has 6 heteroatoms. The Hall–Kier alpha value is -0.780. The molecule has 1 amide bonds. The summed E-state index contributed by atoms with van der Waals surface area (Å²) < 4.78 is 5.35. The SMILES string of the molecule is CCC[C@@H](C(=O)O)N(CCCCCBr)C(=O)OC(C)(C)C. The van der Waals surface area contributed by atoms with Crippen molar-refractivity contribution >= 4 is 28.0 Å². The van der Waals surface area contributed by atoms with E-state index in [0.29, 0.717) is 19.4 Å². The van der Waals surface area contributed by atoms with E-state index in [0.717, 1.165) is 24.6 Å². The van der Waals surface area contributed by atoms with Gasteiger partial charge in [0.2, 0.25) is 0 Å². The van der Waals surface area contributed by atoms with E-state index in [1.165, 1.54) is 4.90 Å². The molecule has 0 aliphatic rings. The second kappa shape index (κ2) is 10.0. The first-order chi connectivity index (χ1) is 9.72. The minimum Gasteiger partial charge on any atom is -0.480 e. The maximum absolute atomic E-state index is 12.3. The van der Waals surface area contributed by atoms with Crippen LogP contribution in [0.4, 0.5) is 4.79 Å². The lowest BCUT2D eigenvalue weighted by atomic mass is 10.1. The Bertz CT molecular complexity index is 328. The van der Waals surface area contributed by atoms with E-state index in [-0.39, 0.29) is 0 Å². The first-order valence-electron chi connectivity index (χ1n) is 7.51. The molecule has 0 saturated carbocycles. The summed E-state index contributed by atoms with van der Waals surface area (Å²) in [4.78, 5) is 25.1. The lowest BCUT2D eigenvalue weighted by Gasteiger charge is -2.31. The number of unbranched alkanes of at least 4 members (excludes halogenated alkanes) is 2. The molecule has 0 saturated heterocycles. The van der Waals surface area contributed by atoms with Gasteiger partial charge >= 0.3 is 12.1 Å². The quantitative estimate of drug-likeness (QED) is 0.494. The molecule has 0 fully saturated rings. The highest BCUT2D eigenvalue weighted by Crippen LogP contribution is 2.16. The van der Waals surface area contributed by atoms with Gasteiger partial charge in [-0.1, -0.05) is 35.7 Å². The molecule has 0 radical (unpaired) electrons. The Morgan fingerprint density at radius 2 is 1.86 bits per heavy atom. The largest absolute Gasteiger partial charge is 0.480 e. The number of aliphatic carboxylic acids is 1. The lowest BCUT2D eigenvalue weighted by molar-refractivity contribution is -0.143. The highest BCUT2D eigenvalue weighted by molar-refractivity contribution is 9.09. The Morgan fingerprint density at radius 3 is 2.29 bits per heavy atom. The van der Waals surface area contributed by atoms with Crippen molar-refractivity contribution in [3.05, 3.63) is 0 Å². The first kappa shape index (κ1) is 20.2. The van der Waals surface area contributed by atoms with Gasteiger partial charge in [-0.05, 0) is 40.0 Å². The number of amides is 1. The van der Waals surface area contributed by atoms with E-state index in [9.17, 15) is 14.7 Å².